The Morgan fingerprint density at radius 3 is 2.53 bits per heavy atom. The Morgan fingerprint density at radius 2 is 1.95 bits per heavy atom. The van der Waals surface area contributed by atoms with Crippen LogP contribution in [0.4, 0.5) is 0 Å². The number of halogens is 1. The third-order valence-corrected chi connectivity index (χ3v) is 9.26. The highest BCUT2D eigenvalue weighted by Crippen LogP contribution is 2.53. The van der Waals surface area contributed by atoms with E-state index in [1.54, 1.807) is 14.1 Å². The molecule has 1 heterocycles. The Bertz CT molecular complexity index is 1340. The van der Waals surface area contributed by atoms with Crippen LogP contribution in [0.25, 0.3) is 5.76 Å². The lowest BCUT2D eigenvalue weighted by Crippen LogP contribution is -2.65. The van der Waals surface area contributed by atoms with E-state index < -0.39 is 58.0 Å². The highest BCUT2D eigenvalue weighted by atomic mass is 35.5. The summed E-state index contributed by atoms with van der Waals surface area (Å²) < 4.78 is 0. The van der Waals surface area contributed by atoms with Gasteiger partial charge < -0.3 is 26.2 Å². The van der Waals surface area contributed by atoms with Crippen molar-refractivity contribution >= 4 is 34.8 Å². The number of benzene rings is 1. The molecule has 0 aromatic heterocycles. The normalized spacial score (nSPS) is 31.5. The van der Waals surface area contributed by atoms with Gasteiger partial charge in [-0.05, 0) is 76.4 Å². The van der Waals surface area contributed by atoms with Gasteiger partial charge in [0.2, 0.25) is 5.78 Å². The molecular formula is C27H32ClN3O7. The van der Waals surface area contributed by atoms with Crippen molar-refractivity contribution in [3.63, 3.8) is 0 Å². The molecular weight excluding hydrogens is 514 g/mol. The first-order chi connectivity index (χ1) is 17.8. The molecule has 0 radical (unpaired) electrons. The van der Waals surface area contributed by atoms with Gasteiger partial charge in [-0.15, -0.1) is 0 Å². The number of hydrogen-bond donors (Lipinski definition) is 5. The average molecular weight is 546 g/mol. The summed E-state index contributed by atoms with van der Waals surface area (Å²) in [6.07, 6.45) is 2.34. The number of nitrogens with two attached hydrogens (primary N) is 1. The maximum absolute atomic E-state index is 13.9. The summed E-state index contributed by atoms with van der Waals surface area (Å²) in [5.41, 5.74) is 2.86. The molecule has 4 aliphatic rings. The third-order valence-electron chi connectivity index (χ3n) is 8.79. The van der Waals surface area contributed by atoms with E-state index in [0.717, 1.165) is 19.4 Å². The van der Waals surface area contributed by atoms with Crippen LogP contribution < -0.4 is 5.73 Å². The van der Waals surface area contributed by atoms with Crippen LogP contribution in [0.1, 0.15) is 42.9 Å². The van der Waals surface area contributed by atoms with Crippen molar-refractivity contribution in [2.75, 3.05) is 20.6 Å². The van der Waals surface area contributed by atoms with E-state index >= 15 is 0 Å². The van der Waals surface area contributed by atoms with E-state index in [1.807, 2.05) is 0 Å². The zero-order chi connectivity index (χ0) is 27.8. The van der Waals surface area contributed by atoms with Gasteiger partial charge in [0.05, 0.1) is 11.6 Å². The van der Waals surface area contributed by atoms with E-state index in [4.69, 9.17) is 17.3 Å². The fourth-order valence-corrected chi connectivity index (χ4v) is 7.19. The summed E-state index contributed by atoms with van der Waals surface area (Å²) >= 11 is 6.83. The minimum atomic E-state index is -2.66. The second-order valence-corrected chi connectivity index (χ2v) is 11.5. The van der Waals surface area contributed by atoms with E-state index in [0.29, 0.717) is 28.7 Å². The molecule has 1 saturated heterocycles. The first-order valence-corrected chi connectivity index (χ1v) is 13.1. The van der Waals surface area contributed by atoms with E-state index in [-0.39, 0.29) is 29.7 Å². The van der Waals surface area contributed by atoms with E-state index in [9.17, 15) is 34.8 Å². The number of aliphatic hydroxyl groups is 3. The molecule has 204 valence electrons. The number of fused-ring (bicyclic) bond motifs is 3. The molecule has 6 N–H and O–H groups in total. The molecule has 38 heavy (non-hydrogen) atoms. The summed E-state index contributed by atoms with van der Waals surface area (Å²) in [4.78, 5) is 42.8. The zero-order valence-electron chi connectivity index (χ0n) is 21.5. The smallest absolute Gasteiger partial charge is 0.255 e. The van der Waals surface area contributed by atoms with Crippen LogP contribution in [0.5, 0.6) is 5.75 Å². The number of likely N-dealkylation sites (tertiary alicyclic amines) is 1. The van der Waals surface area contributed by atoms with Crippen molar-refractivity contribution < 1.29 is 34.8 Å². The monoisotopic (exact) mass is 545 g/mol. The Labute approximate surface area is 225 Å². The maximum atomic E-state index is 13.9. The fourth-order valence-electron chi connectivity index (χ4n) is 6.91. The molecule has 1 amide bonds. The Kier molecular flexibility index (Phi) is 6.38. The van der Waals surface area contributed by atoms with Gasteiger partial charge in [-0.2, -0.15) is 0 Å². The van der Waals surface area contributed by atoms with Crippen LogP contribution in [0, 0.1) is 11.8 Å². The Morgan fingerprint density at radius 1 is 1.26 bits per heavy atom. The minimum Gasteiger partial charge on any atom is -0.508 e. The first kappa shape index (κ1) is 26.7. The summed E-state index contributed by atoms with van der Waals surface area (Å²) in [6, 6.07) is 0.729. The molecule has 3 aliphatic carbocycles. The van der Waals surface area contributed by atoms with Crippen molar-refractivity contribution in [2.45, 2.75) is 56.8 Å². The molecule has 5 atom stereocenters. The molecule has 10 nitrogen and oxygen atoms in total. The summed E-state index contributed by atoms with van der Waals surface area (Å²) in [5, 5.41) is 45.2. The van der Waals surface area contributed by atoms with Crippen LogP contribution in [-0.4, -0.2) is 86.0 Å². The number of phenols is 1. The standard InChI is InChI=1S/C27H32ClN3O7/c1-11-5-4-6-31(11)10-13-9-16(32)18-14(20(13)28)7-12-8-15-21(30(2)3)23(34)19(26(29)37)25(36)27(15,38)24(35)17(12)22(18)33/h9,11-12,15,21,32-33,36,38H,4-8,10H2,1-3H3,(H2,29,37)/t11-,12-,15-,21-,27-/m0/s1. The third kappa shape index (κ3) is 3.61. The highest BCUT2D eigenvalue weighted by Gasteiger charge is 2.64. The Hall–Kier alpha value is -2.92. The zero-order valence-corrected chi connectivity index (χ0v) is 22.2. The number of likely N-dealkylation sites (N-methyl/N-ethyl adjacent to an activating group) is 1. The van der Waals surface area contributed by atoms with E-state index in [1.165, 1.54) is 11.0 Å². The molecule has 11 heteroatoms. The molecule has 1 saturated carbocycles. The van der Waals surface area contributed by atoms with Gasteiger partial charge in [-0.25, -0.2) is 0 Å². The van der Waals surface area contributed by atoms with Gasteiger partial charge in [0, 0.05) is 29.1 Å². The Balaban J connectivity index is 1.65. The lowest BCUT2D eigenvalue weighted by atomic mass is 9.57. The quantitative estimate of drug-likeness (QED) is 0.353. The highest BCUT2D eigenvalue weighted by molar-refractivity contribution is 6.32. The summed E-state index contributed by atoms with van der Waals surface area (Å²) in [6.45, 7) is 3.57. The van der Waals surface area contributed by atoms with Crippen LogP contribution in [0.3, 0.4) is 0 Å². The largest absolute Gasteiger partial charge is 0.508 e. The van der Waals surface area contributed by atoms with E-state index in [2.05, 4.69) is 11.8 Å². The second kappa shape index (κ2) is 9.08. The SMILES string of the molecule is C[C@H]1CCCN1Cc1cc(O)c2c(c1Cl)C[C@H]1C[C@H]3[C@H](N(C)C)C(=O)C(C(N)=O)=C(O)[C@@]3(O)C(=O)C1=C2O. The lowest BCUT2D eigenvalue weighted by Gasteiger charge is -2.50. The summed E-state index contributed by atoms with van der Waals surface area (Å²) in [5.74, 6) is -6.76. The molecule has 0 spiro atoms. The predicted molar refractivity (Wildman–Crippen MR) is 138 cm³/mol. The number of aliphatic hydroxyl groups excluding tert-OH is 2. The predicted octanol–water partition coefficient (Wildman–Crippen LogP) is 1.60. The second-order valence-electron chi connectivity index (χ2n) is 11.1. The van der Waals surface area contributed by atoms with Crippen LogP contribution in [0.2, 0.25) is 5.02 Å². The summed E-state index contributed by atoms with van der Waals surface area (Å²) in [7, 11) is 3.13. The minimum absolute atomic E-state index is 0.00418. The number of primary amides is 1. The van der Waals surface area contributed by atoms with Crippen molar-refractivity contribution in [3.05, 3.63) is 44.7 Å². The molecule has 1 aromatic carbocycles. The lowest BCUT2D eigenvalue weighted by molar-refractivity contribution is -0.153. The molecule has 0 bridgehead atoms. The number of Topliss-reactive ketones (excluding diaryl/α,β-unsaturated/α-hetero) is 2. The molecule has 1 aliphatic heterocycles. The molecule has 2 fully saturated rings. The van der Waals surface area contributed by atoms with Crippen LogP contribution in [0.15, 0.2) is 23.0 Å². The first-order valence-electron chi connectivity index (χ1n) is 12.7. The maximum Gasteiger partial charge on any atom is 0.255 e. The van der Waals surface area contributed by atoms with Gasteiger partial charge in [0.15, 0.2) is 11.4 Å². The number of amides is 1. The van der Waals surface area contributed by atoms with Gasteiger partial charge in [0.25, 0.3) is 5.91 Å². The van der Waals surface area contributed by atoms with Crippen molar-refractivity contribution in [2.24, 2.45) is 17.6 Å². The molecule has 1 aromatic rings. The average Bonchev–Trinajstić information content (AvgIpc) is 3.23. The number of phenolic OH excluding ortho intramolecular Hbond substituents is 1. The van der Waals surface area contributed by atoms with Gasteiger partial charge in [-0.1, -0.05) is 11.6 Å². The number of nitrogens with zero attached hydrogens (tertiary/aromatic N) is 2. The number of rotatable bonds is 4. The number of carbonyl (C=O) groups excluding carboxylic acids is 3. The van der Waals surface area contributed by atoms with Gasteiger partial charge in [0.1, 0.15) is 22.8 Å². The topological polar surface area (TPSA) is 165 Å². The number of hydrogen-bond acceptors (Lipinski definition) is 9. The molecule has 0 unspecified atom stereocenters. The van der Waals surface area contributed by atoms with Gasteiger partial charge in [-0.3, -0.25) is 24.2 Å². The molecule has 5 rings (SSSR count). The van der Waals surface area contributed by atoms with Crippen LogP contribution >= 0.6 is 11.6 Å². The number of ketones is 2. The van der Waals surface area contributed by atoms with Crippen molar-refractivity contribution in [1.82, 2.24) is 9.80 Å². The van der Waals surface area contributed by atoms with Gasteiger partial charge >= 0.3 is 0 Å². The van der Waals surface area contributed by atoms with Crippen molar-refractivity contribution in [3.8, 4) is 5.75 Å². The fraction of sp³-hybridized carbons (Fsp3) is 0.519. The number of aromatic hydroxyl groups is 1. The van der Waals surface area contributed by atoms with Crippen LogP contribution in [-0.2, 0) is 27.3 Å². The van der Waals surface area contributed by atoms with Crippen molar-refractivity contribution in [1.29, 1.82) is 0 Å². The number of carbonyl (C=O) groups is 3.